The van der Waals surface area contributed by atoms with Crippen molar-refractivity contribution in [3.05, 3.63) is 89.0 Å². The highest BCUT2D eigenvalue weighted by Crippen LogP contribution is 2.44. The molecule has 1 heterocycles. The van der Waals surface area contributed by atoms with Crippen LogP contribution in [-0.2, 0) is 9.59 Å². The quantitative estimate of drug-likeness (QED) is 0.237. The van der Waals surface area contributed by atoms with Gasteiger partial charge in [-0.25, -0.2) is 0 Å². The number of aliphatic hydroxyl groups is 1. The van der Waals surface area contributed by atoms with Gasteiger partial charge in [0.15, 0.2) is 0 Å². The van der Waals surface area contributed by atoms with Gasteiger partial charge in [0.25, 0.3) is 11.7 Å². The van der Waals surface area contributed by atoms with Crippen LogP contribution >= 0.6 is 0 Å². The number of carbonyl (C=O) groups excluding carboxylic acids is 2. The Hall–Kier alpha value is -4.26. The molecule has 0 spiro atoms. The predicted molar refractivity (Wildman–Crippen MR) is 142 cm³/mol. The van der Waals surface area contributed by atoms with Crippen molar-refractivity contribution in [2.75, 3.05) is 25.7 Å². The second kappa shape index (κ2) is 10.8. The van der Waals surface area contributed by atoms with Crippen LogP contribution in [0.25, 0.3) is 5.76 Å². The van der Waals surface area contributed by atoms with Crippen molar-refractivity contribution in [1.82, 2.24) is 0 Å². The summed E-state index contributed by atoms with van der Waals surface area (Å²) >= 11 is 0. The number of benzene rings is 3. The average molecular weight is 502 g/mol. The van der Waals surface area contributed by atoms with Crippen molar-refractivity contribution in [2.45, 2.75) is 32.7 Å². The standard InChI is InChI=1S/C30H31NO6/c1-6-37-23-9-7-8-21(16-23)31-27(20-12-10-19(11-13-20)18(2)3)26(29(33)30(31)34)28(32)24-15-14-22(35-4)17-25(24)36-5/h7-18,27,32H,6H2,1-5H3/b28-26-. The summed E-state index contributed by atoms with van der Waals surface area (Å²) in [5.41, 5.74) is 2.57. The van der Waals surface area contributed by atoms with E-state index in [1.165, 1.54) is 19.1 Å². The normalized spacial score (nSPS) is 16.8. The van der Waals surface area contributed by atoms with Gasteiger partial charge in [-0.3, -0.25) is 14.5 Å². The fraction of sp³-hybridized carbons (Fsp3) is 0.267. The Labute approximate surface area is 216 Å². The maximum Gasteiger partial charge on any atom is 0.300 e. The third kappa shape index (κ3) is 4.89. The minimum atomic E-state index is -0.857. The van der Waals surface area contributed by atoms with Gasteiger partial charge >= 0.3 is 0 Å². The van der Waals surface area contributed by atoms with Crippen molar-refractivity contribution in [3.63, 3.8) is 0 Å². The first-order chi connectivity index (χ1) is 17.8. The molecule has 1 unspecified atom stereocenters. The number of nitrogens with zero attached hydrogens (tertiary/aromatic N) is 1. The van der Waals surface area contributed by atoms with Gasteiger partial charge in [-0.05, 0) is 48.2 Å². The van der Waals surface area contributed by atoms with E-state index in [1.54, 1.807) is 42.5 Å². The van der Waals surface area contributed by atoms with Crippen molar-refractivity contribution in [2.24, 2.45) is 0 Å². The molecule has 192 valence electrons. The van der Waals surface area contributed by atoms with E-state index in [9.17, 15) is 14.7 Å². The zero-order valence-corrected chi connectivity index (χ0v) is 21.6. The third-order valence-electron chi connectivity index (χ3n) is 6.43. The number of hydrogen-bond acceptors (Lipinski definition) is 6. The number of ketones is 1. The largest absolute Gasteiger partial charge is 0.507 e. The van der Waals surface area contributed by atoms with Crippen LogP contribution in [0.3, 0.4) is 0 Å². The van der Waals surface area contributed by atoms with E-state index in [0.717, 1.165) is 5.56 Å². The fourth-order valence-electron chi connectivity index (χ4n) is 4.51. The molecule has 0 aromatic heterocycles. The lowest BCUT2D eigenvalue weighted by molar-refractivity contribution is -0.132. The lowest BCUT2D eigenvalue weighted by atomic mass is 9.93. The van der Waals surface area contributed by atoms with Gasteiger partial charge in [-0.15, -0.1) is 0 Å². The number of ether oxygens (including phenoxy) is 3. The molecule has 1 saturated heterocycles. The molecule has 37 heavy (non-hydrogen) atoms. The molecule has 1 fully saturated rings. The van der Waals surface area contributed by atoms with E-state index < -0.39 is 17.7 Å². The van der Waals surface area contributed by atoms with Gasteiger partial charge in [-0.2, -0.15) is 0 Å². The molecule has 0 radical (unpaired) electrons. The topological polar surface area (TPSA) is 85.3 Å². The molecule has 3 aromatic carbocycles. The van der Waals surface area contributed by atoms with E-state index >= 15 is 0 Å². The van der Waals surface area contributed by atoms with Crippen LogP contribution in [0.1, 0.15) is 49.4 Å². The SMILES string of the molecule is CCOc1cccc(N2C(=O)C(=O)/C(=C(\O)c3ccc(OC)cc3OC)C2c2ccc(C(C)C)cc2)c1. The van der Waals surface area contributed by atoms with E-state index in [2.05, 4.69) is 13.8 Å². The molecule has 1 aliphatic rings. The number of methoxy groups -OCH3 is 2. The average Bonchev–Trinajstić information content (AvgIpc) is 3.18. The van der Waals surface area contributed by atoms with E-state index in [-0.39, 0.29) is 16.9 Å². The van der Waals surface area contributed by atoms with Gasteiger partial charge in [0.05, 0.1) is 38.0 Å². The highest BCUT2D eigenvalue weighted by molar-refractivity contribution is 6.51. The summed E-state index contributed by atoms with van der Waals surface area (Å²) in [6.07, 6.45) is 0. The Morgan fingerprint density at radius 3 is 2.30 bits per heavy atom. The molecule has 0 saturated carbocycles. The number of aliphatic hydroxyl groups excluding tert-OH is 1. The van der Waals surface area contributed by atoms with Crippen LogP contribution in [0.4, 0.5) is 5.69 Å². The predicted octanol–water partition coefficient (Wildman–Crippen LogP) is 5.85. The van der Waals surface area contributed by atoms with Crippen molar-refractivity contribution < 1.29 is 28.9 Å². The van der Waals surface area contributed by atoms with Crippen LogP contribution in [0.15, 0.2) is 72.3 Å². The molecule has 0 aliphatic carbocycles. The zero-order valence-electron chi connectivity index (χ0n) is 21.6. The number of carbonyl (C=O) groups is 2. The molecular formula is C30H31NO6. The first kappa shape index (κ1) is 25.8. The van der Waals surface area contributed by atoms with Gasteiger partial charge in [0.1, 0.15) is 23.0 Å². The van der Waals surface area contributed by atoms with Crippen LogP contribution in [0.2, 0.25) is 0 Å². The van der Waals surface area contributed by atoms with Crippen molar-refractivity contribution in [1.29, 1.82) is 0 Å². The van der Waals surface area contributed by atoms with Crippen LogP contribution in [-0.4, -0.2) is 37.6 Å². The Morgan fingerprint density at radius 1 is 0.946 bits per heavy atom. The Balaban J connectivity index is 1.94. The van der Waals surface area contributed by atoms with Crippen LogP contribution in [0, 0.1) is 0 Å². The lowest BCUT2D eigenvalue weighted by Crippen LogP contribution is -2.29. The second-order valence-corrected chi connectivity index (χ2v) is 8.99. The van der Waals surface area contributed by atoms with Crippen LogP contribution < -0.4 is 19.1 Å². The highest BCUT2D eigenvalue weighted by atomic mass is 16.5. The number of hydrogen-bond donors (Lipinski definition) is 1. The summed E-state index contributed by atoms with van der Waals surface area (Å²) in [5.74, 6) is -0.104. The number of amides is 1. The summed E-state index contributed by atoms with van der Waals surface area (Å²) in [5, 5.41) is 11.5. The minimum Gasteiger partial charge on any atom is -0.507 e. The molecule has 4 rings (SSSR count). The minimum absolute atomic E-state index is 0.0208. The lowest BCUT2D eigenvalue weighted by Gasteiger charge is -2.26. The monoisotopic (exact) mass is 501 g/mol. The summed E-state index contributed by atoms with van der Waals surface area (Å²) < 4.78 is 16.4. The molecule has 7 heteroatoms. The summed E-state index contributed by atoms with van der Waals surface area (Å²) in [6, 6.07) is 18.8. The fourth-order valence-corrected chi connectivity index (χ4v) is 4.51. The number of Topliss-reactive ketones (excluding diaryl/α,β-unsaturated/α-hetero) is 1. The Kier molecular flexibility index (Phi) is 7.53. The highest BCUT2D eigenvalue weighted by Gasteiger charge is 2.47. The Bertz CT molecular complexity index is 1340. The molecule has 1 amide bonds. The van der Waals surface area contributed by atoms with Gasteiger partial charge in [0.2, 0.25) is 0 Å². The number of rotatable bonds is 8. The third-order valence-corrected chi connectivity index (χ3v) is 6.43. The van der Waals surface area contributed by atoms with Gasteiger partial charge in [0, 0.05) is 17.8 Å². The van der Waals surface area contributed by atoms with Gasteiger partial charge < -0.3 is 19.3 Å². The summed E-state index contributed by atoms with van der Waals surface area (Å²) in [4.78, 5) is 28.4. The van der Waals surface area contributed by atoms with E-state index in [0.29, 0.717) is 41.0 Å². The van der Waals surface area contributed by atoms with Crippen molar-refractivity contribution in [3.8, 4) is 17.2 Å². The summed E-state index contributed by atoms with van der Waals surface area (Å²) in [7, 11) is 2.99. The molecule has 1 N–H and O–H groups in total. The molecule has 3 aromatic rings. The maximum absolute atomic E-state index is 13.5. The van der Waals surface area contributed by atoms with Gasteiger partial charge in [-0.1, -0.05) is 44.2 Å². The first-order valence-corrected chi connectivity index (χ1v) is 12.2. The molecule has 1 aliphatic heterocycles. The molecular weight excluding hydrogens is 470 g/mol. The summed E-state index contributed by atoms with van der Waals surface area (Å²) in [6.45, 7) is 6.52. The molecule has 1 atom stereocenters. The second-order valence-electron chi connectivity index (χ2n) is 8.99. The smallest absolute Gasteiger partial charge is 0.300 e. The van der Waals surface area contributed by atoms with E-state index in [4.69, 9.17) is 14.2 Å². The van der Waals surface area contributed by atoms with Crippen LogP contribution in [0.5, 0.6) is 17.2 Å². The maximum atomic E-state index is 13.5. The first-order valence-electron chi connectivity index (χ1n) is 12.2. The number of anilines is 1. The van der Waals surface area contributed by atoms with E-state index in [1.807, 2.05) is 31.2 Å². The molecule has 7 nitrogen and oxygen atoms in total. The van der Waals surface area contributed by atoms with Crippen molar-refractivity contribution >= 4 is 23.1 Å². The zero-order chi connectivity index (χ0) is 26.7. The molecule has 0 bridgehead atoms. The Morgan fingerprint density at radius 2 is 1.68 bits per heavy atom.